The first kappa shape index (κ1) is 24.5. The zero-order valence-electron chi connectivity index (χ0n) is 15.8. The summed E-state index contributed by atoms with van der Waals surface area (Å²) >= 11 is 0. The van der Waals surface area contributed by atoms with Crippen LogP contribution in [0.2, 0.25) is 0 Å². The molecule has 14 heteroatoms. The molecule has 0 aliphatic rings. The molecule has 0 spiro atoms. The molecule has 0 amide bonds. The molecule has 3 aromatic rings. The molecular formula is C17H18N2O9S3. The summed E-state index contributed by atoms with van der Waals surface area (Å²) in [5.41, 5.74) is 12.7. The molecule has 11 nitrogen and oxygen atoms in total. The second-order valence-electron chi connectivity index (χ2n) is 6.37. The average Bonchev–Trinajstić information content (AvgIpc) is 2.58. The van der Waals surface area contributed by atoms with Gasteiger partial charge in [-0.25, -0.2) is 0 Å². The molecule has 0 radical (unpaired) electrons. The highest BCUT2D eigenvalue weighted by molar-refractivity contribution is 7.87. The van der Waals surface area contributed by atoms with E-state index >= 15 is 0 Å². The van der Waals surface area contributed by atoms with Crippen molar-refractivity contribution in [3.63, 3.8) is 0 Å². The predicted octanol–water partition coefficient (Wildman–Crippen LogP) is 1.74. The van der Waals surface area contributed by atoms with Gasteiger partial charge in [0.05, 0.1) is 4.90 Å². The van der Waals surface area contributed by atoms with Gasteiger partial charge in [-0.05, 0) is 48.9 Å². The first-order valence-electron chi connectivity index (χ1n) is 8.12. The molecular weight excluding hydrogens is 472 g/mol. The van der Waals surface area contributed by atoms with Crippen LogP contribution in [0.3, 0.4) is 0 Å². The number of nitrogens with two attached hydrogens (primary N) is 2. The molecule has 7 N–H and O–H groups in total. The van der Waals surface area contributed by atoms with Gasteiger partial charge in [-0.2, -0.15) is 25.3 Å². The molecule has 0 heterocycles. The molecule has 0 saturated carbocycles. The number of hydrogen-bond donors (Lipinski definition) is 5. The van der Waals surface area contributed by atoms with Crippen LogP contribution >= 0.6 is 0 Å². The number of benzene rings is 3. The fourth-order valence-electron chi connectivity index (χ4n) is 2.64. The number of hydrogen-bond acceptors (Lipinski definition) is 8. The van der Waals surface area contributed by atoms with Gasteiger partial charge in [0.2, 0.25) is 0 Å². The molecule has 0 saturated heterocycles. The molecule has 0 aliphatic carbocycles. The molecule has 31 heavy (non-hydrogen) atoms. The maximum atomic E-state index is 11.4. The van der Waals surface area contributed by atoms with Gasteiger partial charge in [0.1, 0.15) is 9.79 Å². The third kappa shape index (κ3) is 6.13. The van der Waals surface area contributed by atoms with Crippen LogP contribution in [0.15, 0.2) is 63.2 Å². The molecule has 0 unspecified atom stereocenters. The first-order valence-corrected chi connectivity index (χ1v) is 12.4. The Labute approximate surface area is 178 Å². The van der Waals surface area contributed by atoms with E-state index in [0.717, 1.165) is 17.8 Å². The largest absolute Gasteiger partial charge is 0.399 e. The van der Waals surface area contributed by atoms with Crippen LogP contribution < -0.4 is 11.5 Å². The van der Waals surface area contributed by atoms with Crippen LogP contribution in [-0.4, -0.2) is 38.9 Å². The van der Waals surface area contributed by atoms with Crippen LogP contribution in [0, 0.1) is 6.92 Å². The highest BCUT2D eigenvalue weighted by Crippen LogP contribution is 2.33. The molecule has 168 valence electrons. The van der Waals surface area contributed by atoms with Crippen molar-refractivity contribution in [2.45, 2.75) is 21.6 Å². The number of rotatable bonds is 3. The van der Waals surface area contributed by atoms with Gasteiger partial charge < -0.3 is 11.5 Å². The first-order chi connectivity index (χ1) is 14.0. The lowest BCUT2D eigenvalue weighted by Gasteiger charge is -2.11. The van der Waals surface area contributed by atoms with E-state index < -0.39 is 55.8 Å². The molecule has 0 fully saturated rings. The van der Waals surface area contributed by atoms with Gasteiger partial charge in [0, 0.05) is 22.1 Å². The maximum Gasteiger partial charge on any atom is 0.295 e. The van der Waals surface area contributed by atoms with Crippen molar-refractivity contribution in [3.05, 3.63) is 54.1 Å². The highest BCUT2D eigenvalue weighted by atomic mass is 32.2. The standard InChI is InChI=1S/C10H9NO9S3.C7H9N/c11-5-1-7-8(9(2-5)22(15,16)17)3-6(21(12,13)14)4-10(7)23(18,19)20;1-6-3-2-4-7(8)5-6/h1-4H,11H2,(H,12,13,14)(H,15,16,17)(H,18,19,20);2-5H,8H2,1H3. The van der Waals surface area contributed by atoms with Crippen LogP contribution in [0.5, 0.6) is 0 Å². The smallest absolute Gasteiger partial charge is 0.295 e. The molecule has 3 aromatic carbocycles. The Balaban J connectivity index is 0.000000357. The van der Waals surface area contributed by atoms with Crippen molar-refractivity contribution < 1.29 is 38.9 Å². The highest BCUT2D eigenvalue weighted by Gasteiger charge is 2.25. The van der Waals surface area contributed by atoms with E-state index in [-0.39, 0.29) is 5.69 Å². The van der Waals surface area contributed by atoms with Crippen LogP contribution in [0.1, 0.15) is 5.56 Å². The van der Waals surface area contributed by atoms with Crippen molar-refractivity contribution in [1.29, 1.82) is 0 Å². The normalized spacial score (nSPS) is 12.3. The van der Waals surface area contributed by atoms with Gasteiger partial charge in [0.15, 0.2) is 0 Å². The lowest BCUT2D eigenvalue weighted by molar-refractivity contribution is 0.478. The van der Waals surface area contributed by atoms with E-state index in [1.165, 1.54) is 5.56 Å². The number of nitrogen functional groups attached to an aromatic ring is 2. The summed E-state index contributed by atoms with van der Waals surface area (Å²) in [5, 5.41) is -1.02. The van der Waals surface area contributed by atoms with Gasteiger partial charge in [-0.15, -0.1) is 0 Å². The van der Waals surface area contributed by atoms with Crippen molar-refractivity contribution in [1.82, 2.24) is 0 Å². The second kappa shape index (κ2) is 8.41. The quantitative estimate of drug-likeness (QED) is 0.263. The Morgan fingerprint density at radius 3 is 1.58 bits per heavy atom. The Hall–Kier alpha value is -2.75. The van der Waals surface area contributed by atoms with Crippen molar-refractivity contribution in [2.75, 3.05) is 11.5 Å². The van der Waals surface area contributed by atoms with E-state index in [9.17, 15) is 34.4 Å². The van der Waals surface area contributed by atoms with Crippen LogP contribution in [0.4, 0.5) is 11.4 Å². The topological polar surface area (TPSA) is 215 Å². The molecule has 0 aromatic heterocycles. The van der Waals surface area contributed by atoms with Gasteiger partial charge in [-0.3, -0.25) is 13.7 Å². The number of fused-ring (bicyclic) bond motifs is 1. The monoisotopic (exact) mass is 490 g/mol. The fraction of sp³-hybridized carbons (Fsp3) is 0.0588. The lowest BCUT2D eigenvalue weighted by atomic mass is 10.1. The van der Waals surface area contributed by atoms with E-state index in [0.29, 0.717) is 12.1 Å². The van der Waals surface area contributed by atoms with E-state index in [1.54, 1.807) is 0 Å². The third-order valence-corrected chi connectivity index (χ3v) is 6.50. The van der Waals surface area contributed by atoms with Crippen molar-refractivity contribution >= 4 is 52.5 Å². The van der Waals surface area contributed by atoms with E-state index in [1.807, 2.05) is 31.2 Å². The number of aryl methyl sites for hydroxylation is 1. The summed E-state index contributed by atoms with van der Waals surface area (Å²) in [6.45, 7) is 2.02. The Morgan fingerprint density at radius 1 is 0.645 bits per heavy atom. The summed E-state index contributed by atoms with van der Waals surface area (Å²) in [7, 11) is -14.8. The zero-order chi connectivity index (χ0) is 23.8. The molecule has 0 bridgehead atoms. The van der Waals surface area contributed by atoms with Crippen LogP contribution in [0.25, 0.3) is 10.8 Å². The lowest BCUT2D eigenvalue weighted by Crippen LogP contribution is -2.07. The predicted molar refractivity (Wildman–Crippen MR) is 113 cm³/mol. The minimum absolute atomic E-state index is 0.269. The summed E-state index contributed by atoms with van der Waals surface area (Å²) in [6, 6.07) is 10.6. The fourth-order valence-corrected chi connectivity index (χ4v) is 4.70. The van der Waals surface area contributed by atoms with Gasteiger partial charge in [-0.1, -0.05) is 12.1 Å². The van der Waals surface area contributed by atoms with E-state index in [4.69, 9.17) is 16.0 Å². The third-order valence-electron chi connectivity index (χ3n) is 3.89. The van der Waals surface area contributed by atoms with Crippen molar-refractivity contribution in [3.8, 4) is 0 Å². The average molecular weight is 491 g/mol. The molecule has 0 aliphatic heterocycles. The second-order valence-corrected chi connectivity index (χ2v) is 10.6. The Kier molecular flexibility index (Phi) is 6.65. The maximum absolute atomic E-state index is 11.4. The van der Waals surface area contributed by atoms with E-state index in [2.05, 4.69) is 0 Å². The molecule has 0 atom stereocenters. The SMILES string of the molecule is Cc1cccc(N)c1.Nc1cc(S(=O)(=O)O)c2cc(S(=O)(=O)O)cc(S(=O)(=O)O)c2c1. The van der Waals surface area contributed by atoms with Gasteiger partial charge in [0.25, 0.3) is 30.4 Å². The van der Waals surface area contributed by atoms with Crippen LogP contribution in [-0.2, 0) is 30.4 Å². The van der Waals surface area contributed by atoms with Gasteiger partial charge >= 0.3 is 0 Å². The Morgan fingerprint density at radius 2 is 1.16 bits per heavy atom. The molecule has 3 rings (SSSR count). The minimum Gasteiger partial charge on any atom is -0.399 e. The number of anilines is 2. The summed E-state index contributed by atoms with van der Waals surface area (Å²) in [6.07, 6.45) is 0. The Bertz CT molecular complexity index is 1460. The summed E-state index contributed by atoms with van der Waals surface area (Å²) in [4.78, 5) is -2.88. The summed E-state index contributed by atoms with van der Waals surface area (Å²) in [5.74, 6) is 0. The summed E-state index contributed by atoms with van der Waals surface area (Å²) < 4.78 is 95.5. The zero-order valence-corrected chi connectivity index (χ0v) is 18.2. The minimum atomic E-state index is -5.00. The van der Waals surface area contributed by atoms with Crippen molar-refractivity contribution in [2.24, 2.45) is 0 Å².